The van der Waals surface area contributed by atoms with Crippen molar-refractivity contribution in [3.05, 3.63) is 96.1 Å². The van der Waals surface area contributed by atoms with Gasteiger partial charge in [0.15, 0.2) is 0 Å². The summed E-state index contributed by atoms with van der Waals surface area (Å²) < 4.78 is 10.8. The molecular weight excluding hydrogens is 418 g/mol. The number of rotatable bonds is 8. The molecule has 6 nitrogen and oxygen atoms in total. The number of likely N-dealkylation sites (tertiary alicyclic amines) is 1. The smallest absolute Gasteiger partial charge is 0.295 e. The Hall–Kier alpha value is -3.90. The molecule has 1 amide bonds. The van der Waals surface area contributed by atoms with Gasteiger partial charge in [0.05, 0.1) is 18.2 Å². The Labute approximate surface area is 192 Å². The molecule has 33 heavy (non-hydrogen) atoms. The third-order valence-corrected chi connectivity index (χ3v) is 5.64. The van der Waals surface area contributed by atoms with Crippen LogP contribution in [0.3, 0.4) is 0 Å². The number of ketones is 1. The monoisotopic (exact) mass is 443 g/mol. The van der Waals surface area contributed by atoms with Crippen LogP contribution in [0, 0.1) is 0 Å². The Morgan fingerprint density at radius 3 is 2.61 bits per heavy atom. The van der Waals surface area contributed by atoms with E-state index in [1.165, 1.54) is 12.0 Å². The molecule has 0 saturated carbocycles. The first-order chi connectivity index (χ1) is 16.0. The highest BCUT2D eigenvalue weighted by atomic mass is 16.5. The van der Waals surface area contributed by atoms with Gasteiger partial charge in [-0.1, -0.05) is 61.2 Å². The number of carbonyl (C=O) groups is 2. The first kappa shape index (κ1) is 22.3. The molecule has 4 rings (SSSR count). The Kier molecular flexibility index (Phi) is 6.56. The number of nitrogens with zero attached hydrogens (tertiary/aromatic N) is 1. The molecule has 1 atom stereocenters. The quantitative estimate of drug-likeness (QED) is 0.241. The van der Waals surface area contributed by atoms with E-state index in [-0.39, 0.29) is 24.5 Å². The van der Waals surface area contributed by atoms with Crippen molar-refractivity contribution in [1.29, 1.82) is 0 Å². The molecule has 1 saturated heterocycles. The predicted molar refractivity (Wildman–Crippen MR) is 127 cm³/mol. The van der Waals surface area contributed by atoms with Crippen molar-refractivity contribution in [2.75, 3.05) is 26.9 Å². The zero-order valence-corrected chi connectivity index (χ0v) is 18.4. The molecule has 3 aromatic rings. The van der Waals surface area contributed by atoms with Crippen LogP contribution in [0.25, 0.3) is 16.5 Å². The maximum atomic E-state index is 13.1. The highest BCUT2D eigenvalue weighted by Crippen LogP contribution is 2.40. The van der Waals surface area contributed by atoms with E-state index in [9.17, 15) is 14.7 Å². The number of aliphatic hydroxyl groups is 1. The van der Waals surface area contributed by atoms with Crippen LogP contribution < -0.4 is 4.74 Å². The Morgan fingerprint density at radius 1 is 1.06 bits per heavy atom. The van der Waals surface area contributed by atoms with Crippen LogP contribution in [0.5, 0.6) is 5.75 Å². The van der Waals surface area contributed by atoms with Crippen molar-refractivity contribution in [3.8, 4) is 5.75 Å². The zero-order chi connectivity index (χ0) is 23.4. The van der Waals surface area contributed by atoms with Crippen LogP contribution in [0.4, 0.5) is 0 Å². The number of fused-ring (bicyclic) bond motifs is 1. The van der Waals surface area contributed by atoms with E-state index in [0.29, 0.717) is 23.5 Å². The average Bonchev–Trinajstić information content (AvgIpc) is 3.10. The molecule has 0 spiro atoms. The van der Waals surface area contributed by atoms with E-state index in [2.05, 4.69) is 6.58 Å². The van der Waals surface area contributed by atoms with Crippen LogP contribution in [0.1, 0.15) is 17.2 Å². The van der Waals surface area contributed by atoms with Crippen LogP contribution in [-0.2, 0) is 14.3 Å². The first-order valence-corrected chi connectivity index (χ1v) is 10.7. The molecule has 168 valence electrons. The lowest BCUT2D eigenvalue weighted by Crippen LogP contribution is -2.32. The summed E-state index contributed by atoms with van der Waals surface area (Å²) >= 11 is 0. The van der Waals surface area contributed by atoms with Gasteiger partial charge in [-0.2, -0.15) is 0 Å². The minimum Gasteiger partial charge on any atom is -0.507 e. The molecule has 3 aromatic carbocycles. The molecule has 0 aliphatic carbocycles. The largest absolute Gasteiger partial charge is 0.507 e. The summed E-state index contributed by atoms with van der Waals surface area (Å²) in [5.74, 6) is -1.02. The number of aliphatic hydroxyl groups excluding tert-OH is 1. The molecule has 0 aromatic heterocycles. The second kappa shape index (κ2) is 9.71. The molecule has 1 N–H and O–H groups in total. The topological polar surface area (TPSA) is 76.1 Å². The summed E-state index contributed by atoms with van der Waals surface area (Å²) in [5, 5.41) is 13.2. The van der Waals surface area contributed by atoms with Crippen LogP contribution in [0.2, 0.25) is 0 Å². The maximum Gasteiger partial charge on any atom is 0.295 e. The van der Waals surface area contributed by atoms with Gasteiger partial charge in [0.2, 0.25) is 0 Å². The molecule has 1 aliphatic heterocycles. The second-order valence-corrected chi connectivity index (χ2v) is 7.72. The van der Waals surface area contributed by atoms with Gasteiger partial charge in [0.25, 0.3) is 11.7 Å². The SMILES string of the molecule is C=CCOc1cccc(C2/C(=C(/O)c3ccc4ccccc4c3)C(=O)C(=O)N2CCOC)c1. The molecule has 1 heterocycles. The second-order valence-electron chi connectivity index (χ2n) is 7.72. The van der Waals surface area contributed by atoms with Gasteiger partial charge < -0.3 is 19.5 Å². The van der Waals surface area contributed by atoms with Crippen LogP contribution in [-0.4, -0.2) is 48.6 Å². The Morgan fingerprint density at radius 2 is 1.85 bits per heavy atom. The van der Waals surface area contributed by atoms with Gasteiger partial charge >= 0.3 is 0 Å². The Balaban J connectivity index is 1.85. The van der Waals surface area contributed by atoms with Crippen molar-refractivity contribution in [1.82, 2.24) is 4.90 Å². The van der Waals surface area contributed by atoms with Crippen molar-refractivity contribution < 1.29 is 24.2 Å². The van der Waals surface area contributed by atoms with Crippen molar-refractivity contribution in [2.24, 2.45) is 0 Å². The van der Waals surface area contributed by atoms with Gasteiger partial charge in [-0.15, -0.1) is 0 Å². The lowest BCUT2D eigenvalue weighted by molar-refractivity contribution is -0.140. The minimum atomic E-state index is -0.765. The molecule has 0 radical (unpaired) electrons. The summed E-state index contributed by atoms with van der Waals surface area (Å²) in [6.07, 6.45) is 1.64. The maximum absolute atomic E-state index is 13.1. The summed E-state index contributed by atoms with van der Waals surface area (Å²) in [6, 6.07) is 19.6. The van der Waals surface area contributed by atoms with Gasteiger partial charge in [-0.25, -0.2) is 0 Å². The number of hydrogen-bond donors (Lipinski definition) is 1. The van der Waals surface area contributed by atoms with Crippen LogP contribution >= 0.6 is 0 Å². The normalized spacial score (nSPS) is 17.5. The summed E-state index contributed by atoms with van der Waals surface area (Å²) in [6.45, 7) is 4.44. The highest BCUT2D eigenvalue weighted by Gasteiger charge is 2.46. The van der Waals surface area contributed by atoms with Gasteiger partial charge in [-0.3, -0.25) is 9.59 Å². The summed E-state index contributed by atoms with van der Waals surface area (Å²) in [5.41, 5.74) is 1.18. The Bertz CT molecular complexity index is 1250. The number of hydrogen-bond acceptors (Lipinski definition) is 5. The standard InChI is InChI=1S/C27H25NO5/c1-3-14-33-22-10-6-9-20(17-22)24-23(26(30)27(31)28(24)13-15-32-2)25(29)21-12-11-18-7-4-5-8-19(18)16-21/h3-12,16-17,24,29H,1,13-15H2,2H3/b25-23-. The molecule has 1 fully saturated rings. The van der Waals surface area contributed by atoms with Gasteiger partial charge in [0.1, 0.15) is 18.1 Å². The van der Waals surface area contributed by atoms with E-state index in [1.54, 1.807) is 30.3 Å². The first-order valence-electron chi connectivity index (χ1n) is 10.7. The van der Waals surface area contributed by atoms with Gasteiger partial charge in [-0.05, 0) is 34.5 Å². The molecule has 1 aliphatic rings. The van der Waals surface area contributed by atoms with E-state index in [1.807, 2.05) is 42.5 Å². The lowest BCUT2D eigenvalue weighted by atomic mass is 9.94. The van der Waals surface area contributed by atoms with Gasteiger partial charge in [0, 0.05) is 19.2 Å². The van der Waals surface area contributed by atoms with E-state index in [0.717, 1.165) is 10.8 Å². The lowest BCUT2D eigenvalue weighted by Gasteiger charge is -2.25. The predicted octanol–water partition coefficient (Wildman–Crippen LogP) is 4.47. The average molecular weight is 443 g/mol. The molecular formula is C27H25NO5. The van der Waals surface area contributed by atoms with Crippen LogP contribution in [0.15, 0.2) is 85.0 Å². The zero-order valence-electron chi connectivity index (χ0n) is 18.4. The third-order valence-electron chi connectivity index (χ3n) is 5.64. The number of benzene rings is 3. The number of Topliss-reactive ketones (excluding diaryl/α,β-unsaturated/α-hetero) is 1. The molecule has 6 heteroatoms. The highest BCUT2D eigenvalue weighted by molar-refractivity contribution is 6.46. The third kappa shape index (κ3) is 4.38. The molecule has 1 unspecified atom stereocenters. The fraction of sp³-hybridized carbons (Fsp3) is 0.185. The summed E-state index contributed by atoms with van der Waals surface area (Å²) in [7, 11) is 1.53. The minimum absolute atomic E-state index is 0.0484. The van der Waals surface area contributed by atoms with E-state index >= 15 is 0 Å². The van der Waals surface area contributed by atoms with E-state index < -0.39 is 17.7 Å². The van der Waals surface area contributed by atoms with Crippen molar-refractivity contribution >= 4 is 28.2 Å². The number of amides is 1. The number of methoxy groups -OCH3 is 1. The fourth-order valence-corrected chi connectivity index (χ4v) is 4.07. The number of ether oxygens (including phenoxy) is 2. The number of carbonyl (C=O) groups excluding carboxylic acids is 2. The van der Waals surface area contributed by atoms with E-state index in [4.69, 9.17) is 9.47 Å². The van der Waals surface area contributed by atoms with Crippen molar-refractivity contribution in [3.63, 3.8) is 0 Å². The fourth-order valence-electron chi connectivity index (χ4n) is 4.07. The summed E-state index contributed by atoms with van der Waals surface area (Å²) in [4.78, 5) is 27.5. The molecule has 0 bridgehead atoms. The van der Waals surface area contributed by atoms with Crippen molar-refractivity contribution in [2.45, 2.75) is 6.04 Å².